The Balaban J connectivity index is 2.63. The summed E-state index contributed by atoms with van der Waals surface area (Å²) in [6.45, 7) is 0. The molecule has 7 heteroatoms. The van der Waals surface area contributed by atoms with Crippen LogP contribution in [0.2, 0.25) is 0 Å². The summed E-state index contributed by atoms with van der Waals surface area (Å²) in [6.07, 6.45) is 2.30. The number of hydrogen-bond donors (Lipinski definition) is 0. The lowest BCUT2D eigenvalue weighted by Crippen LogP contribution is -2.03. The molecule has 2 aromatic rings. The minimum absolute atomic E-state index is 0.0254. The quantitative estimate of drug-likeness (QED) is 0.489. The fraction of sp³-hybridized carbons (Fsp3) is 0.0769. The predicted molar refractivity (Wildman–Crippen MR) is 67.6 cm³/mol. The number of carbonyl (C=O) groups is 1. The van der Waals surface area contributed by atoms with E-state index in [1.54, 1.807) is 0 Å². The second kappa shape index (κ2) is 5.43. The largest absolute Gasteiger partial charge is 0.465 e. The Morgan fingerprint density at radius 1 is 1.35 bits per heavy atom. The van der Waals surface area contributed by atoms with Gasteiger partial charge in [-0.05, 0) is 18.2 Å². The zero-order valence-electron chi connectivity index (χ0n) is 10.4. The molecule has 0 aliphatic rings. The van der Waals surface area contributed by atoms with Crippen molar-refractivity contribution in [3.05, 3.63) is 58.2 Å². The average molecular weight is 276 g/mol. The number of carbonyl (C=O) groups excluding carboxylic acids is 1. The average Bonchev–Trinajstić information content (AvgIpc) is 2.46. The van der Waals surface area contributed by atoms with E-state index < -0.39 is 16.7 Å². The number of aromatic nitrogens is 1. The van der Waals surface area contributed by atoms with Crippen LogP contribution in [0.15, 0.2) is 36.7 Å². The Bertz CT molecular complexity index is 688. The molecule has 0 aliphatic heterocycles. The van der Waals surface area contributed by atoms with Crippen molar-refractivity contribution in [1.82, 2.24) is 4.98 Å². The van der Waals surface area contributed by atoms with Gasteiger partial charge in [-0.1, -0.05) is 0 Å². The molecule has 0 amide bonds. The van der Waals surface area contributed by atoms with Gasteiger partial charge in [0.05, 0.1) is 29.4 Å². The van der Waals surface area contributed by atoms with E-state index in [2.05, 4.69) is 9.72 Å². The zero-order valence-corrected chi connectivity index (χ0v) is 10.4. The molecule has 20 heavy (non-hydrogen) atoms. The molecule has 0 aliphatic carbocycles. The number of benzene rings is 1. The van der Waals surface area contributed by atoms with Crippen LogP contribution in [-0.2, 0) is 4.74 Å². The molecule has 0 N–H and O–H groups in total. The molecule has 6 nitrogen and oxygen atoms in total. The highest BCUT2D eigenvalue weighted by atomic mass is 19.1. The van der Waals surface area contributed by atoms with E-state index in [1.807, 2.05) is 0 Å². The topological polar surface area (TPSA) is 82.3 Å². The van der Waals surface area contributed by atoms with E-state index in [0.717, 1.165) is 12.3 Å². The highest BCUT2D eigenvalue weighted by Gasteiger charge is 2.20. The Kier molecular flexibility index (Phi) is 3.69. The summed E-state index contributed by atoms with van der Waals surface area (Å²) in [7, 11) is 1.17. The fourth-order valence-corrected chi connectivity index (χ4v) is 1.75. The maximum atomic E-state index is 13.7. The summed E-state index contributed by atoms with van der Waals surface area (Å²) in [5.74, 6) is -1.38. The lowest BCUT2D eigenvalue weighted by Gasteiger charge is -2.06. The Hall–Kier alpha value is -2.83. The van der Waals surface area contributed by atoms with Crippen LogP contribution in [0, 0.1) is 15.9 Å². The van der Waals surface area contributed by atoms with Crippen molar-refractivity contribution in [2.75, 3.05) is 7.11 Å². The number of nitro benzene ring substituents is 1. The van der Waals surface area contributed by atoms with E-state index in [9.17, 15) is 19.3 Å². The number of methoxy groups -OCH3 is 1. The van der Waals surface area contributed by atoms with Gasteiger partial charge in [-0.15, -0.1) is 0 Å². The molecule has 102 valence electrons. The summed E-state index contributed by atoms with van der Waals surface area (Å²) in [4.78, 5) is 25.4. The summed E-state index contributed by atoms with van der Waals surface area (Å²) in [5.41, 5.74) is -0.235. The van der Waals surface area contributed by atoms with Gasteiger partial charge in [0.25, 0.3) is 5.69 Å². The second-order valence-corrected chi connectivity index (χ2v) is 3.84. The normalized spacial score (nSPS) is 10.1. The Morgan fingerprint density at radius 3 is 2.70 bits per heavy atom. The highest BCUT2D eigenvalue weighted by Crippen LogP contribution is 2.32. The number of pyridine rings is 1. The van der Waals surface area contributed by atoms with Gasteiger partial charge in [0, 0.05) is 17.8 Å². The first-order valence-corrected chi connectivity index (χ1v) is 5.51. The van der Waals surface area contributed by atoms with E-state index in [1.165, 1.54) is 31.5 Å². The summed E-state index contributed by atoms with van der Waals surface area (Å²) < 4.78 is 18.2. The molecular formula is C13H9FN2O4. The monoisotopic (exact) mass is 276 g/mol. The van der Waals surface area contributed by atoms with Gasteiger partial charge in [-0.3, -0.25) is 15.1 Å². The SMILES string of the molecule is COC(=O)c1ccc(-c2ccncc2F)c([N+](=O)[O-])c1. The number of esters is 1. The van der Waals surface area contributed by atoms with Crippen LogP contribution >= 0.6 is 0 Å². The number of hydrogen-bond acceptors (Lipinski definition) is 5. The smallest absolute Gasteiger partial charge is 0.338 e. The van der Waals surface area contributed by atoms with Crippen molar-refractivity contribution in [3.8, 4) is 11.1 Å². The molecule has 1 aromatic heterocycles. The third-order valence-corrected chi connectivity index (χ3v) is 2.68. The van der Waals surface area contributed by atoms with Crippen molar-refractivity contribution < 1.29 is 18.8 Å². The second-order valence-electron chi connectivity index (χ2n) is 3.84. The maximum absolute atomic E-state index is 13.7. The van der Waals surface area contributed by atoms with E-state index >= 15 is 0 Å². The lowest BCUT2D eigenvalue weighted by molar-refractivity contribution is -0.384. The van der Waals surface area contributed by atoms with Crippen LogP contribution in [0.4, 0.5) is 10.1 Å². The summed E-state index contributed by atoms with van der Waals surface area (Å²) >= 11 is 0. The summed E-state index contributed by atoms with van der Waals surface area (Å²) in [5, 5.41) is 11.1. The minimum atomic E-state index is -0.699. The molecule has 0 saturated heterocycles. The third kappa shape index (κ3) is 2.46. The number of nitrogens with zero attached hydrogens (tertiary/aromatic N) is 2. The minimum Gasteiger partial charge on any atom is -0.465 e. The predicted octanol–water partition coefficient (Wildman–Crippen LogP) is 2.58. The first kappa shape index (κ1) is 13.6. The number of rotatable bonds is 3. The Labute approximate surface area is 113 Å². The molecule has 2 rings (SSSR count). The molecular weight excluding hydrogens is 267 g/mol. The van der Waals surface area contributed by atoms with Crippen molar-refractivity contribution in [2.45, 2.75) is 0 Å². The molecule has 0 fully saturated rings. The number of nitro groups is 1. The standard InChI is InChI=1S/C13H9FN2O4/c1-20-13(17)8-2-3-10(12(6-8)16(18)19)9-4-5-15-7-11(9)14/h2-7H,1H3. The molecule has 0 saturated carbocycles. The molecule has 0 atom stereocenters. The van der Waals surface area contributed by atoms with Crippen LogP contribution in [0.5, 0.6) is 0 Å². The molecule has 0 spiro atoms. The van der Waals surface area contributed by atoms with Gasteiger partial charge in [0.1, 0.15) is 5.82 Å². The van der Waals surface area contributed by atoms with Crippen LogP contribution in [0.1, 0.15) is 10.4 Å². The van der Waals surface area contributed by atoms with Crippen LogP contribution in [0.3, 0.4) is 0 Å². The van der Waals surface area contributed by atoms with Crippen molar-refractivity contribution in [1.29, 1.82) is 0 Å². The van der Waals surface area contributed by atoms with E-state index in [0.29, 0.717) is 0 Å². The van der Waals surface area contributed by atoms with Crippen LogP contribution in [0.25, 0.3) is 11.1 Å². The van der Waals surface area contributed by atoms with E-state index in [4.69, 9.17) is 0 Å². The number of ether oxygens (including phenoxy) is 1. The van der Waals surface area contributed by atoms with Crippen molar-refractivity contribution in [2.24, 2.45) is 0 Å². The maximum Gasteiger partial charge on any atom is 0.338 e. The molecule has 0 radical (unpaired) electrons. The fourth-order valence-electron chi connectivity index (χ4n) is 1.75. The van der Waals surface area contributed by atoms with Crippen LogP contribution in [-0.4, -0.2) is 23.0 Å². The third-order valence-electron chi connectivity index (χ3n) is 2.68. The summed E-state index contributed by atoms with van der Waals surface area (Å²) in [6, 6.07) is 5.04. The van der Waals surface area contributed by atoms with Gasteiger partial charge in [-0.25, -0.2) is 9.18 Å². The van der Waals surface area contributed by atoms with Gasteiger partial charge < -0.3 is 4.74 Å². The molecule has 0 bridgehead atoms. The molecule has 1 heterocycles. The Morgan fingerprint density at radius 2 is 2.10 bits per heavy atom. The first-order valence-electron chi connectivity index (χ1n) is 5.51. The van der Waals surface area contributed by atoms with E-state index in [-0.39, 0.29) is 22.4 Å². The molecule has 1 aromatic carbocycles. The molecule has 0 unspecified atom stereocenters. The van der Waals surface area contributed by atoms with Gasteiger partial charge >= 0.3 is 5.97 Å². The van der Waals surface area contributed by atoms with Crippen molar-refractivity contribution in [3.63, 3.8) is 0 Å². The van der Waals surface area contributed by atoms with Gasteiger partial charge in [0.15, 0.2) is 0 Å². The van der Waals surface area contributed by atoms with Crippen molar-refractivity contribution >= 4 is 11.7 Å². The lowest BCUT2D eigenvalue weighted by atomic mass is 10.0. The van der Waals surface area contributed by atoms with Crippen LogP contribution < -0.4 is 0 Å². The first-order chi connectivity index (χ1) is 9.54. The van der Waals surface area contributed by atoms with Gasteiger partial charge in [0.2, 0.25) is 0 Å². The number of halogens is 1. The zero-order chi connectivity index (χ0) is 14.7. The highest BCUT2D eigenvalue weighted by molar-refractivity contribution is 5.92. The van der Waals surface area contributed by atoms with Gasteiger partial charge in [-0.2, -0.15) is 0 Å².